The van der Waals surface area contributed by atoms with E-state index >= 15 is 0 Å². The van der Waals surface area contributed by atoms with Gasteiger partial charge in [-0.2, -0.15) is 0 Å². The molecular formula is C46H66O7. The number of ether oxygens (including phenoxy) is 2. The first-order chi connectivity index (χ1) is 24.8. The zero-order chi connectivity index (χ0) is 39.5. The SMILES string of the molecule is CC1=C(/C=C/C(C)=C/C=C/C(C)=C/C=C/C=C(C)/C=C/C=C(C)/C=C/C2=C(C)C[C@@H](O[C@@H]3O[C@H](CO)[C@@H](O)[C@H](O)[C@H]3O)CC2(C)C)C(C)(C)C[C@H](O)C1. The van der Waals surface area contributed by atoms with Crippen molar-refractivity contribution in [2.75, 3.05) is 6.61 Å². The normalized spacial score (nSPS) is 31.1. The first kappa shape index (κ1) is 44.3. The average molecular weight is 731 g/mol. The maximum atomic E-state index is 10.4. The molecule has 1 aliphatic heterocycles. The molecule has 0 aromatic rings. The van der Waals surface area contributed by atoms with Gasteiger partial charge in [0.15, 0.2) is 6.29 Å². The summed E-state index contributed by atoms with van der Waals surface area (Å²) in [5, 5.41) is 50.3. The van der Waals surface area contributed by atoms with Gasteiger partial charge in [0, 0.05) is 0 Å². The molecule has 3 aliphatic rings. The van der Waals surface area contributed by atoms with Gasteiger partial charge in [-0.1, -0.05) is 146 Å². The molecule has 0 spiro atoms. The molecule has 53 heavy (non-hydrogen) atoms. The van der Waals surface area contributed by atoms with E-state index in [1.807, 2.05) is 12.2 Å². The van der Waals surface area contributed by atoms with Gasteiger partial charge in [0.1, 0.15) is 24.4 Å². The van der Waals surface area contributed by atoms with E-state index in [0.29, 0.717) is 12.8 Å². The smallest absolute Gasteiger partial charge is 0.186 e. The topological polar surface area (TPSA) is 120 Å². The van der Waals surface area contributed by atoms with Crippen LogP contribution in [0.25, 0.3) is 0 Å². The highest BCUT2D eigenvalue weighted by Crippen LogP contribution is 2.43. The molecule has 0 aromatic heterocycles. The van der Waals surface area contributed by atoms with Gasteiger partial charge in [0.25, 0.3) is 0 Å². The summed E-state index contributed by atoms with van der Waals surface area (Å²) in [5.74, 6) is 0. The Balaban J connectivity index is 1.52. The minimum absolute atomic E-state index is 0.0167. The third-order valence-corrected chi connectivity index (χ3v) is 10.4. The molecule has 0 radical (unpaired) electrons. The van der Waals surface area contributed by atoms with Crippen LogP contribution in [0, 0.1) is 10.8 Å². The van der Waals surface area contributed by atoms with Crippen LogP contribution in [0.4, 0.5) is 0 Å². The van der Waals surface area contributed by atoms with Crippen LogP contribution in [0.1, 0.15) is 94.9 Å². The molecule has 292 valence electrons. The molecule has 7 heteroatoms. The van der Waals surface area contributed by atoms with Crippen molar-refractivity contribution >= 4 is 0 Å². The van der Waals surface area contributed by atoms with E-state index in [1.165, 1.54) is 27.9 Å². The molecule has 1 fully saturated rings. The second-order valence-corrected chi connectivity index (χ2v) is 16.5. The van der Waals surface area contributed by atoms with Gasteiger partial charge in [-0.15, -0.1) is 0 Å². The highest BCUT2D eigenvalue weighted by atomic mass is 16.7. The van der Waals surface area contributed by atoms with Gasteiger partial charge < -0.3 is 35.0 Å². The molecule has 7 atom stereocenters. The van der Waals surface area contributed by atoms with Crippen molar-refractivity contribution < 1.29 is 35.0 Å². The van der Waals surface area contributed by atoms with Crippen molar-refractivity contribution in [2.24, 2.45) is 10.8 Å². The van der Waals surface area contributed by atoms with E-state index in [-0.39, 0.29) is 23.0 Å². The zero-order valence-electron chi connectivity index (χ0n) is 33.7. The fourth-order valence-electron chi connectivity index (χ4n) is 7.56. The van der Waals surface area contributed by atoms with Crippen LogP contribution in [0.2, 0.25) is 0 Å². The van der Waals surface area contributed by atoms with E-state index in [4.69, 9.17) is 9.47 Å². The summed E-state index contributed by atoms with van der Waals surface area (Å²) in [6.07, 6.45) is 25.5. The maximum absolute atomic E-state index is 10.4. The van der Waals surface area contributed by atoms with Gasteiger partial charge in [0.2, 0.25) is 0 Å². The van der Waals surface area contributed by atoms with E-state index in [9.17, 15) is 25.5 Å². The Morgan fingerprint density at radius 3 is 1.57 bits per heavy atom. The minimum atomic E-state index is -1.45. The summed E-state index contributed by atoms with van der Waals surface area (Å²) < 4.78 is 11.7. The van der Waals surface area contributed by atoms with Crippen LogP contribution in [0.15, 0.2) is 130 Å². The highest BCUT2D eigenvalue weighted by molar-refractivity contribution is 5.39. The van der Waals surface area contributed by atoms with Crippen molar-refractivity contribution in [3.05, 3.63) is 130 Å². The summed E-state index contributed by atoms with van der Waals surface area (Å²) in [6, 6.07) is 0. The third kappa shape index (κ3) is 13.3. The first-order valence-electron chi connectivity index (χ1n) is 19.0. The number of allylic oxidation sites excluding steroid dienone is 20. The number of aliphatic hydroxyl groups excluding tert-OH is 5. The second kappa shape index (κ2) is 20.0. The lowest BCUT2D eigenvalue weighted by Crippen LogP contribution is -2.59. The quantitative estimate of drug-likeness (QED) is 0.121. The van der Waals surface area contributed by atoms with Crippen molar-refractivity contribution in [3.63, 3.8) is 0 Å². The van der Waals surface area contributed by atoms with E-state index < -0.39 is 37.3 Å². The van der Waals surface area contributed by atoms with Crippen LogP contribution in [-0.4, -0.2) is 75.1 Å². The monoisotopic (exact) mass is 730 g/mol. The predicted octanol–water partition coefficient (Wildman–Crippen LogP) is 8.37. The van der Waals surface area contributed by atoms with E-state index in [2.05, 4.69) is 142 Å². The van der Waals surface area contributed by atoms with Crippen molar-refractivity contribution in [1.82, 2.24) is 0 Å². The van der Waals surface area contributed by atoms with E-state index in [1.54, 1.807) is 0 Å². The summed E-state index contributed by atoms with van der Waals surface area (Å²) in [5.41, 5.74) is 9.39. The molecule has 3 rings (SSSR count). The van der Waals surface area contributed by atoms with Crippen LogP contribution >= 0.6 is 0 Å². The van der Waals surface area contributed by atoms with Crippen LogP contribution < -0.4 is 0 Å². The second-order valence-electron chi connectivity index (χ2n) is 16.5. The molecule has 2 aliphatic carbocycles. The van der Waals surface area contributed by atoms with Crippen molar-refractivity contribution in [2.45, 2.75) is 138 Å². The molecular weight excluding hydrogens is 664 g/mol. The molecule has 5 N–H and O–H groups in total. The molecule has 0 saturated carbocycles. The van der Waals surface area contributed by atoms with E-state index in [0.717, 1.165) is 29.6 Å². The molecule has 0 bridgehead atoms. The molecule has 0 aromatic carbocycles. The van der Waals surface area contributed by atoms with Gasteiger partial charge in [-0.25, -0.2) is 0 Å². The third-order valence-electron chi connectivity index (χ3n) is 10.4. The Morgan fingerprint density at radius 1 is 0.642 bits per heavy atom. The van der Waals surface area contributed by atoms with Crippen LogP contribution in [0.3, 0.4) is 0 Å². The Hall–Kier alpha value is -3.14. The molecule has 1 saturated heterocycles. The molecule has 0 unspecified atom stereocenters. The predicted molar refractivity (Wildman–Crippen MR) is 217 cm³/mol. The standard InChI is InChI=1S/C46H66O7/c1-30(17-13-19-32(3)21-23-38-34(5)25-36(48)27-45(38,7)8)15-11-12-16-31(2)18-14-20-33(4)22-24-39-35(6)26-37(28-46(39,9)10)52-44-43(51)42(50)41(49)40(29-47)53-44/h11-24,36-37,40-44,47-51H,25-29H2,1-10H3/b12-11+,17-13+,18-14+,23-21+,24-22+,30-15+,31-16+,32-19+,33-20+/t36-,37-,40-,41-,42+,43-,44-/m1/s1. The first-order valence-corrected chi connectivity index (χ1v) is 19.0. The molecule has 7 nitrogen and oxygen atoms in total. The Bertz CT molecular complexity index is 1600. The van der Waals surface area contributed by atoms with Gasteiger partial charge in [0.05, 0.1) is 18.8 Å². The van der Waals surface area contributed by atoms with Crippen LogP contribution in [0.5, 0.6) is 0 Å². The van der Waals surface area contributed by atoms with Crippen molar-refractivity contribution in [1.29, 1.82) is 0 Å². The Morgan fingerprint density at radius 2 is 1.09 bits per heavy atom. The average Bonchev–Trinajstić information content (AvgIpc) is 3.05. The zero-order valence-corrected chi connectivity index (χ0v) is 33.7. The summed E-state index contributed by atoms with van der Waals surface area (Å²) in [6.45, 7) is 20.8. The van der Waals surface area contributed by atoms with Gasteiger partial charge in [-0.05, 0) is 89.2 Å². The lowest BCUT2D eigenvalue weighted by molar-refractivity contribution is -0.313. The lowest BCUT2D eigenvalue weighted by Gasteiger charge is -2.43. The Labute approximate surface area is 319 Å². The van der Waals surface area contributed by atoms with Crippen LogP contribution in [-0.2, 0) is 9.47 Å². The lowest BCUT2D eigenvalue weighted by atomic mass is 9.71. The maximum Gasteiger partial charge on any atom is 0.186 e. The highest BCUT2D eigenvalue weighted by Gasteiger charge is 2.46. The summed E-state index contributed by atoms with van der Waals surface area (Å²) in [4.78, 5) is 0. The van der Waals surface area contributed by atoms with Gasteiger partial charge >= 0.3 is 0 Å². The number of hydrogen-bond acceptors (Lipinski definition) is 7. The number of aliphatic hydroxyl groups is 5. The largest absolute Gasteiger partial charge is 0.394 e. The minimum Gasteiger partial charge on any atom is -0.394 e. The Kier molecular flexibility index (Phi) is 16.7. The number of rotatable bonds is 13. The fraction of sp³-hybridized carbons (Fsp3) is 0.522. The fourth-order valence-corrected chi connectivity index (χ4v) is 7.56. The summed E-state index contributed by atoms with van der Waals surface area (Å²) >= 11 is 0. The number of hydrogen-bond donors (Lipinski definition) is 5. The molecule has 0 amide bonds. The summed E-state index contributed by atoms with van der Waals surface area (Å²) in [7, 11) is 0. The van der Waals surface area contributed by atoms with Gasteiger partial charge in [-0.3, -0.25) is 0 Å². The van der Waals surface area contributed by atoms with Crippen molar-refractivity contribution in [3.8, 4) is 0 Å². The molecule has 1 heterocycles.